The predicted octanol–water partition coefficient (Wildman–Crippen LogP) is 4.14. The summed E-state index contributed by atoms with van der Waals surface area (Å²) in [5.74, 6) is 0.669. The molecule has 1 aromatic carbocycles. The van der Waals surface area contributed by atoms with Crippen molar-refractivity contribution in [3.05, 3.63) is 34.3 Å². The minimum Gasteiger partial charge on any atom is -0.307 e. The number of hydrogen-bond donors (Lipinski definition) is 1. The molecule has 84 valence electrons. The third kappa shape index (κ3) is 3.96. The average molecular weight is 270 g/mol. The molecule has 0 amide bonds. The number of halogens is 1. The topological polar surface area (TPSA) is 12.0 Å². The molecule has 0 heterocycles. The van der Waals surface area contributed by atoms with Gasteiger partial charge in [0.25, 0.3) is 0 Å². The average Bonchev–Trinajstić information content (AvgIpc) is 2.18. The maximum atomic E-state index is 3.60. The molecule has 0 aliphatic carbocycles. The van der Waals surface area contributed by atoms with Crippen molar-refractivity contribution in [1.82, 2.24) is 5.32 Å². The summed E-state index contributed by atoms with van der Waals surface area (Å²) >= 11 is 3.45. The Labute approximate surface area is 101 Å². The van der Waals surface area contributed by atoms with Gasteiger partial charge in [-0.15, -0.1) is 0 Å². The second-order valence-corrected chi connectivity index (χ2v) is 5.39. The Balaban J connectivity index is 2.61. The molecule has 1 aromatic rings. The lowest BCUT2D eigenvalue weighted by molar-refractivity contribution is 0.389. The fourth-order valence-corrected chi connectivity index (χ4v) is 1.70. The van der Waals surface area contributed by atoms with E-state index >= 15 is 0 Å². The van der Waals surface area contributed by atoms with Gasteiger partial charge in [0.2, 0.25) is 0 Å². The minimum atomic E-state index is 0.412. The quantitative estimate of drug-likeness (QED) is 0.866. The highest BCUT2D eigenvalue weighted by molar-refractivity contribution is 9.10. The van der Waals surface area contributed by atoms with Crippen LogP contribution < -0.4 is 5.32 Å². The van der Waals surface area contributed by atoms with Gasteiger partial charge < -0.3 is 5.32 Å². The summed E-state index contributed by atoms with van der Waals surface area (Å²) in [7, 11) is 0. The molecule has 0 saturated carbocycles. The van der Waals surface area contributed by atoms with E-state index in [0.29, 0.717) is 18.0 Å². The molecule has 0 fully saturated rings. The largest absolute Gasteiger partial charge is 0.307 e. The van der Waals surface area contributed by atoms with Crippen molar-refractivity contribution in [2.45, 2.75) is 39.8 Å². The number of hydrogen-bond acceptors (Lipinski definition) is 1. The van der Waals surface area contributed by atoms with Crippen LogP contribution in [0.1, 0.15) is 39.3 Å². The molecule has 0 aliphatic heterocycles. The lowest BCUT2D eigenvalue weighted by atomic mass is 10.0. The van der Waals surface area contributed by atoms with E-state index in [9.17, 15) is 0 Å². The van der Waals surface area contributed by atoms with Gasteiger partial charge in [0.15, 0.2) is 0 Å². The van der Waals surface area contributed by atoms with Crippen molar-refractivity contribution < 1.29 is 0 Å². The van der Waals surface area contributed by atoms with Crippen LogP contribution in [0.5, 0.6) is 0 Å². The summed E-state index contributed by atoms with van der Waals surface area (Å²) in [5, 5.41) is 3.60. The number of nitrogens with one attached hydrogen (secondary N) is 1. The highest BCUT2D eigenvalue weighted by Gasteiger charge is 2.11. The monoisotopic (exact) mass is 269 g/mol. The van der Waals surface area contributed by atoms with Gasteiger partial charge in [-0.1, -0.05) is 41.9 Å². The van der Waals surface area contributed by atoms with Gasteiger partial charge >= 0.3 is 0 Å². The fourth-order valence-electron chi connectivity index (χ4n) is 1.43. The molecule has 0 aliphatic rings. The SMILES string of the molecule is CC(C)[C@H](C)N[C@@H](C)c1ccc(Br)cc1. The Kier molecular flexibility index (Phi) is 4.81. The van der Waals surface area contributed by atoms with Gasteiger partial charge in [0.1, 0.15) is 0 Å². The molecular weight excluding hydrogens is 250 g/mol. The predicted molar refractivity (Wildman–Crippen MR) is 70.0 cm³/mol. The van der Waals surface area contributed by atoms with Crippen LogP contribution in [-0.2, 0) is 0 Å². The van der Waals surface area contributed by atoms with Gasteiger partial charge in [-0.2, -0.15) is 0 Å². The molecule has 2 heteroatoms. The van der Waals surface area contributed by atoms with E-state index < -0.39 is 0 Å². The molecule has 1 rings (SSSR count). The van der Waals surface area contributed by atoms with Crippen molar-refractivity contribution in [3.8, 4) is 0 Å². The fraction of sp³-hybridized carbons (Fsp3) is 0.538. The van der Waals surface area contributed by atoms with Crippen LogP contribution in [0.2, 0.25) is 0 Å². The van der Waals surface area contributed by atoms with Gasteiger partial charge in [-0.05, 0) is 37.5 Å². The van der Waals surface area contributed by atoms with Crippen LogP contribution in [-0.4, -0.2) is 6.04 Å². The Morgan fingerprint density at radius 1 is 1.00 bits per heavy atom. The summed E-state index contributed by atoms with van der Waals surface area (Å²) in [4.78, 5) is 0. The molecule has 1 nitrogen and oxygen atoms in total. The Hall–Kier alpha value is -0.340. The highest BCUT2D eigenvalue weighted by Crippen LogP contribution is 2.17. The van der Waals surface area contributed by atoms with Crippen molar-refractivity contribution in [2.24, 2.45) is 5.92 Å². The first kappa shape index (κ1) is 12.7. The first-order chi connectivity index (χ1) is 7.00. The zero-order chi connectivity index (χ0) is 11.4. The van der Waals surface area contributed by atoms with Crippen LogP contribution >= 0.6 is 15.9 Å². The summed E-state index contributed by atoms with van der Waals surface area (Å²) in [6, 6.07) is 9.46. The Morgan fingerprint density at radius 3 is 2.00 bits per heavy atom. The lowest BCUT2D eigenvalue weighted by Gasteiger charge is -2.23. The first-order valence-electron chi connectivity index (χ1n) is 5.52. The van der Waals surface area contributed by atoms with Crippen molar-refractivity contribution in [1.29, 1.82) is 0 Å². The van der Waals surface area contributed by atoms with E-state index in [1.54, 1.807) is 0 Å². The van der Waals surface area contributed by atoms with Crippen molar-refractivity contribution >= 4 is 15.9 Å². The normalized spacial score (nSPS) is 15.3. The molecule has 0 radical (unpaired) electrons. The van der Waals surface area contributed by atoms with E-state index in [-0.39, 0.29) is 0 Å². The van der Waals surface area contributed by atoms with Crippen LogP contribution in [0.4, 0.5) is 0 Å². The zero-order valence-electron chi connectivity index (χ0n) is 9.92. The molecule has 0 aromatic heterocycles. The van der Waals surface area contributed by atoms with E-state index in [2.05, 4.69) is 73.2 Å². The van der Waals surface area contributed by atoms with Crippen molar-refractivity contribution in [2.75, 3.05) is 0 Å². The van der Waals surface area contributed by atoms with Crippen LogP contribution in [0.25, 0.3) is 0 Å². The van der Waals surface area contributed by atoms with Gasteiger partial charge in [0, 0.05) is 16.6 Å². The standard InChI is InChI=1S/C13H20BrN/c1-9(2)10(3)15-11(4)12-5-7-13(14)8-6-12/h5-11,15H,1-4H3/t10-,11-/m0/s1. The molecule has 2 atom stereocenters. The minimum absolute atomic E-state index is 0.412. The van der Waals surface area contributed by atoms with Gasteiger partial charge in [-0.3, -0.25) is 0 Å². The summed E-state index contributed by atoms with van der Waals surface area (Å²) in [5.41, 5.74) is 1.34. The Bertz CT molecular complexity index is 292. The molecular formula is C13H20BrN. The maximum absolute atomic E-state index is 3.60. The molecule has 0 spiro atoms. The molecule has 0 bridgehead atoms. The Morgan fingerprint density at radius 2 is 1.53 bits per heavy atom. The number of benzene rings is 1. The summed E-state index contributed by atoms with van der Waals surface area (Å²) in [6.07, 6.45) is 0. The van der Waals surface area contributed by atoms with E-state index in [1.807, 2.05) is 0 Å². The second-order valence-electron chi connectivity index (χ2n) is 4.47. The molecule has 0 unspecified atom stereocenters. The maximum Gasteiger partial charge on any atom is 0.0294 e. The third-order valence-corrected chi connectivity index (χ3v) is 3.41. The van der Waals surface area contributed by atoms with Crippen molar-refractivity contribution in [3.63, 3.8) is 0 Å². The molecule has 0 saturated heterocycles. The van der Waals surface area contributed by atoms with Crippen LogP contribution in [0.15, 0.2) is 28.7 Å². The first-order valence-corrected chi connectivity index (χ1v) is 6.31. The smallest absolute Gasteiger partial charge is 0.0294 e. The van der Waals surface area contributed by atoms with Crippen LogP contribution in [0, 0.1) is 5.92 Å². The summed E-state index contributed by atoms with van der Waals surface area (Å²) < 4.78 is 1.13. The van der Waals surface area contributed by atoms with Crippen LogP contribution in [0.3, 0.4) is 0 Å². The zero-order valence-corrected chi connectivity index (χ0v) is 11.5. The van der Waals surface area contributed by atoms with E-state index in [1.165, 1.54) is 5.56 Å². The highest BCUT2D eigenvalue weighted by atomic mass is 79.9. The van der Waals surface area contributed by atoms with Gasteiger partial charge in [-0.25, -0.2) is 0 Å². The molecule has 15 heavy (non-hydrogen) atoms. The molecule has 1 N–H and O–H groups in total. The second kappa shape index (κ2) is 5.66. The van der Waals surface area contributed by atoms with E-state index in [0.717, 1.165) is 4.47 Å². The van der Waals surface area contributed by atoms with Gasteiger partial charge in [0.05, 0.1) is 0 Å². The number of rotatable bonds is 4. The lowest BCUT2D eigenvalue weighted by Crippen LogP contribution is -2.32. The third-order valence-electron chi connectivity index (χ3n) is 2.88. The van der Waals surface area contributed by atoms with E-state index in [4.69, 9.17) is 0 Å². The summed E-state index contributed by atoms with van der Waals surface area (Å²) in [6.45, 7) is 8.93.